The number of amides is 2. The summed E-state index contributed by atoms with van der Waals surface area (Å²) in [6.07, 6.45) is 2.33. The number of carbonyl (C=O) groups is 1. The van der Waals surface area contributed by atoms with Crippen LogP contribution < -0.4 is 5.32 Å². The molecule has 2 fully saturated rings. The fourth-order valence-electron chi connectivity index (χ4n) is 2.42. The van der Waals surface area contributed by atoms with Gasteiger partial charge in [-0.2, -0.15) is 0 Å². The van der Waals surface area contributed by atoms with Crippen molar-refractivity contribution in [2.24, 2.45) is 0 Å². The lowest BCUT2D eigenvalue weighted by atomic mass is 10.0. The van der Waals surface area contributed by atoms with E-state index < -0.39 is 0 Å². The normalized spacial score (nSPS) is 25.7. The summed E-state index contributed by atoms with van der Waals surface area (Å²) in [7, 11) is 0. The number of carbonyl (C=O) groups excluding carboxylic acids is 1. The average molecular weight is 211 g/mol. The van der Waals surface area contributed by atoms with Gasteiger partial charge in [-0.1, -0.05) is 0 Å². The lowest BCUT2D eigenvalue weighted by Gasteiger charge is -2.44. The van der Waals surface area contributed by atoms with Crippen LogP contribution in [-0.2, 0) is 0 Å². The maximum absolute atomic E-state index is 12.2. The molecule has 0 atom stereocenters. The zero-order valence-electron chi connectivity index (χ0n) is 9.75. The molecule has 15 heavy (non-hydrogen) atoms. The third-order valence-electron chi connectivity index (χ3n) is 3.41. The minimum absolute atomic E-state index is 0.0437. The third-order valence-corrected chi connectivity index (χ3v) is 3.41. The van der Waals surface area contributed by atoms with E-state index in [2.05, 4.69) is 19.2 Å². The maximum Gasteiger partial charge on any atom is 0.320 e. The number of likely N-dealkylation sites (tertiary alicyclic amines) is 1. The Morgan fingerprint density at radius 2 is 1.87 bits per heavy atom. The van der Waals surface area contributed by atoms with Gasteiger partial charge in [-0.25, -0.2) is 4.79 Å². The number of nitrogens with zero attached hydrogens (tertiary/aromatic N) is 2. The summed E-state index contributed by atoms with van der Waals surface area (Å²) in [5.41, 5.74) is -0.0437. The van der Waals surface area contributed by atoms with Crippen molar-refractivity contribution in [3.05, 3.63) is 0 Å². The van der Waals surface area contributed by atoms with Crippen molar-refractivity contribution in [1.29, 1.82) is 0 Å². The SMILES string of the molecule is CC1(C)CNCCN1C(=O)N1CCCC1. The largest absolute Gasteiger partial charge is 0.325 e. The van der Waals surface area contributed by atoms with Crippen LogP contribution in [0.3, 0.4) is 0 Å². The van der Waals surface area contributed by atoms with E-state index >= 15 is 0 Å². The number of hydrogen-bond acceptors (Lipinski definition) is 2. The van der Waals surface area contributed by atoms with Gasteiger partial charge in [0.15, 0.2) is 0 Å². The van der Waals surface area contributed by atoms with E-state index in [9.17, 15) is 4.79 Å². The molecule has 0 aromatic rings. The molecule has 2 heterocycles. The van der Waals surface area contributed by atoms with Crippen LogP contribution >= 0.6 is 0 Å². The fourth-order valence-corrected chi connectivity index (χ4v) is 2.42. The number of hydrogen-bond donors (Lipinski definition) is 1. The first-order valence-electron chi connectivity index (χ1n) is 5.88. The maximum atomic E-state index is 12.2. The highest BCUT2D eigenvalue weighted by Crippen LogP contribution is 2.20. The molecule has 2 saturated heterocycles. The van der Waals surface area contributed by atoms with Crippen LogP contribution in [0.1, 0.15) is 26.7 Å². The van der Waals surface area contributed by atoms with Crippen molar-refractivity contribution in [2.75, 3.05) is 32.7 Å². The Morgan fingerprint density at radius 1 is 1.20 bits per heavy atom. The van der Waals surface area contributed by atoms with E-state index in [0.29, 0.717) is 0 Å². The van der Waals surface area contributed by atoms with Crippen LogP contribution in [0, 0.1) is 0 Å². The highest BCUT2D eigenvalue weighted by Gasteiger charge is 2.36. The Morgan fingerprint density at radius 3 is 2.47 bits per heavy atom. The Balaban J connectivity index is 2.04. The van der Waals surface area contributed by atoms with Crippen molar-refractivity contribution in [3.8, 4) is 0 Å². The van der Waals surface area contributed by atoms with Crippen LogP contribution in [0.4, 0.5) is 4.79 Å². The van der Waals surface area contributed by atoms with Gasteiger partial charge in [0.05, 0.1) is 5.54 Å². The van der Waals surface area contributed by atoms with Gasteiger partial charge in [0, 0.05) is 32.7 Å². The van der Waals surface area contributed by atoms with E-state index in [1.165, 1.54) is 0 Å². The first-order valence-corrected chi connectivity index (χ1v) is 5.88. The number of rotatable bonds is 0. The summed E-state index contributed by atoms with van der Waals surface area (Å²) in [6, 6.07) is 0.235. The standard InChI is InChI=1S/C11H21N3O/c1-11(2)9-12-5-8-14(11)10(15)13-6-3-4-7-13/h12H,3-9H2,1-2H3. The molecule has 2 rings (SSSR count). The minimum atomic E-state index is -0.0437. The Bertz CT molecular complexity index is 246. The van der Waals surface area contributed by atoms with Crippen molar-refractivity contribution < 1.29 is 4.79 Å². The predicted octanol–water partition coefficient (Wildman–Crippen LogP) is 0.886. The first kappa shape index (κ1) is 10.7. The van der Waals surface area contributed by atoms with Gasteiger partial charge in [-0.15, -0.1) is 0 Å². The lowest BCUT2D eigenvalue weighted by Crippen LogP contribution is -2.62. The molecule has 0 bridgehead atoms. The number of nitrogens with one attached hydrogen (secondary N) is 1. The molecule has 0 aliphatic carbocycles. The summed E-state index contributed by atoms with van der Waals surface area (Å²) in [5.74, 6) is 0. The first-order chi connectivity index (χ1) is 7.11. The molecule has 0 unspecified atom stereocenters. The van der Waals surface area contributed by atoms with Crippen LogP contribution in [0.15, 0.2) is 0 Å². The summed E-state index contributed by atoms with van der Waals surface area (Å²) >= 11 is 0. The average Bonchev–Trinajstić information content (AvgIpc) is 2.69. The van der Waals surface area contributed by atoms with E-state index in [-0.39, 0.29) is 11.6 Å². The van der Waals surface area contributed by atoms with Crippen molar-refractivity contribution >= 4 is 6.03 Å². The fraction of sp³-hybridized carbons (Fsp3) is 0.909. The van der Waals surface area contributed by atoms with Gasteiger partial charge in [0.2, 0.25) is 0 Å². The molecular formula is C11H21N3O. The second kappa shape index (κ2) is 4.00. The number of urea groups is 1. The van der Waals surface area contributed by atoms with E-state index in [1.54, 1.807) is 0 Å². The van der Waals surface area contributed by atoms with E-state index in [4.69, 9.17) is 0 Å². The van der Waals surface area contributed by atoms with Gasteiger partial charge < -0.3 is 15.1 Å². The number of piperazine rings is 1. The molecule has 1 N–H and O–H groups in total. The minimum Gasteiger partial charge on any atom is -0.325 e. The molecule has 0 aromatic heterocycles. The van der Waals surface area contributed by atoms with Gasteiger partial charge in [0.1, 0.15) is 0 Å². The molecule has 86 valence electrons. The molecule has 0 saturated carbocycles. The van der Waals surface area contributed by atoms with Crippen LogP contribution in [0.25, 0.3) is 0 Å². The highest BCUT2D eigenvalue weighted by molar-refractivity contribution is 5.75. The second-order valence-corrected chi connectivity index (χ2v) is 5.12. The molecule has 0 aromatic carbocycles. The highest BCUT2D eigenvalue weighted by atomic mass is 16.2. The van der Waals surface area contributed by atoms with Gasteiger partial charge in [-0.3, -0.25) is 0 Å². The summed E-state index contributed by atoms with van der Waals surface area (Å²) < 4.78 is 0. The van der Waals surface area contributed by atoms with E-state index in [1.807, 2.05) is 9.80 Å². The smallest absolute Gasteiger partial charge is 0.320 e. The molecule has 4 nitrogen and oxygen atoms in total. The van der Waals surface area contributed by atoms with Crippen LogP contribution in [0.2, 0.25) is 0 Å². The van der Waals surface area contributed by atoms with Gasteiger partial charge in [-0.05, 0) is 26.7 Å². The summed E-state index contributed by atoms with van der Waals surface area (Å²) in [5, 5.41) is 3.34. The Labute approximate surface area is 91.6 Å². The van der Waals surface area contributed by atoms with Crippen molar-refractivity contribution in [2.45, 2.75) is 32.2 Å². The molecule has 2 aliphatic heterocycles. The topological polar surface area (TPSA) is 35.6 Å². The van der Waals surface area contributed by atoms with E-state index in [0.717, 1.165) is 45.6 Å². The lowest BCUT2D eigenvalue weighted by molar-refractivity contribution is 0.0901. The molecule has 4 heteroatoms. The Hall–Kier alpha value is -0.770. The summed E-state index contributed by atoms with van der Waals surface area (Å²) in [4.78, 5) is 16.3. The monoisotopic (exact) mass is 211 g/mol. The zero-order valence-corrected chi connectivity index (χ0v) is 9.75. The summed E-state index contributed by atoms with van der Waals surface area (Å²) in [6.45, 7) is 8.80. The van der Waals surface area contributed by atoms with Gasteiger partial charge >= 0.3 is 6.03 Å². The van der Waals surface area contributed by atoms with Crippen molar-refractivity contribution in [3.63, 3.8) is 0 Å². The molecular weight excluding hydrogens is 190 g/mol. The Kier molecular flexibility index (Phi) is 2.87. The second-order valence-electron chi connectivity index (χ2n) is 5.12. The quantitative estimate of drug-likeness (QED) is 0.646. The molecule has 0 radical (unpaired) electrons. The van der Waals surface area contributed by atoms with Gasteiger partial charge in [0.25, 0.3) is 0 Å². The van der Waals surface area contributed by atoms with Crippen LogP contribution in [-0.4, -0.2) is 54.1 Å². The molecule has 2 aliphatic rings. The van der Waals surface area contributed by atoms with Crippen LogP contribution in [0.5, 0.6) is 0 Å². The zero-order chi connectivity index (χ0) is 10.9. The molecule has 2 amide bonds. The predicted molar refractivity (Wildman–Crippen MR) is 59.9 cm³/mol. The van der Waals surface area contributed by atoms with Crippen molar-refractivity contribution in [1.82, 2.24) is 15.1 Å². The molecule has 0 spiro atoms. The third kappa shape index (κ3) is 2.09.